The predicted octanol–water partition coefficient (Wildman–Crippen LogP) is 10.3. The topological polar surface area (TPSA) is 252 Å². The highest BCUT2D eigenvalue weighted by Crippen LogP contribution is 2.42. The highest BCUT2D eigenvalue weighted by molar-refractivity contribution is 7.89. The van der Waals surface area contributed by atoms with E-state index in [0.717, 1.165) is 32.7 Å². The number of pyridine rings is 2. The molecule has 0 bridgehead atoms. The molecule has 2 aromatic heterocycles. The van der Waals surface area contributed by atoms with E-state index in [-0.39, 0.29) is 79.9 Å². The van der Waals surface area contributed by atoms with Crippen LogP contribution in [0.1, 0.15) is 111 Å². The van der Waals surface area contributed by atoms with Gasteiger partial charge in [-0.05, 0) is 96.0 Å². The smallest absolute Gasteiger partial charge is 0.281 e. The van der Waals surface area contributed by atoms with E-state index >= 15 is 0 Å². The molecule has 0 amide bonds. The summed E-state index contributed by atoms with van der Waals surface area (Å²) < 4.78 is 61.8. The van der Waals surface area contributed by atoms with Crippen molar-refractivity contribution in [2.75, 3.05) is 4.31 Å². The molecular formula is C46H59N10O8S2-. The second-order valence-electron chi connectivity index (χ2n) is 17.0. The number of hydrogen-bond donors (Lipinski definition) is 3. The molecule has 0 aliphatic heterocycles. The lowest BCUT2D eigenvalue weighted by Gasteiger charge is -2.34. The molecular weight excluding hydrogens is 885 g/mol. The van der Waals surface area contributed by atoms with Crippen LogP contribution < -0.4 is 20.1 Å². The molecule has 0 saturated heterocycles. The summed E-state index contributed by atoms with van der Waals surface area (Å²) >= 11 is -2.91. The van der Waals surface area contributed by atoms with Gasteiger partial charge < -0.3 is 14.8 Å². The summed E-state index contributed by atoms with van der Waals surface area (Å²) in [6.45, 7) is 25.6. The average molecular weight is 944 g/mol. The second kappa shape index (κ2) is 22.9. The molecule has 0 saturated carbocycles. The Morgan fingerprint density at radius 3 is 1.85 bits per heavy atom. The minimum atomic E-state index is -4.42. The number of azo groups is 2. The maximum atomic E-state index is 14.6. The van der Waals surface area contributed by atoms with Gasteiger partial charge in [0.05, 0.1) is 28.5 Å². The minimum Gasteiger partial charge on any atom is -0.755 e. The van der Waals surface area contributed by atoms with E-state index in [9.17, 15) is 42.2 Å². The fraction of sp³-hybridized carbons (Fsp3) is 0.478. The van der Waals surface area contributed by atoms with Crippen LogP contribution in [0.3, 0.4) is 0 Å². The Hall–Kier alpha value is -6.06. The van der Waals surface area contributed by atoms with Gasteiger partial charge in [-0.2, -0.15) is 15.5 Å². The summed E-state index contributed by atoms with van der Waals surface area (Å²) in [7, 11) is -4.42. The molecule has 20 heteroatoms. The molecule has 0 radical (unpaired) electrons. The first kappa shape index (κ1) is 52.6. The van der Waals surface area contributed by atoms with Gasteiger partial charge in [0, 0.05) is 53.1 Å². The van der Waals surface area contributed by atoms with Gasteiger partial charge in [0.25, 0.3) is 11.1 Å². The third kappa shape index (κ3) is 12.0. The minimum absolute atomic E-state index is 0.00268. The van der Waals surface area contributed by atoms with E-state index in [1.165, 1.54) is 50.2 Å². The van der Waals surface area contributed by atoms with Gasteiger partial charge >= 0.3 is 0 Å². The summed E-state index contributed by atoms with van der Waals surface area (Å²) in [4.78, 5) is 29.8. The van der Waals surface area contributed by atoms with E-state index in [2.05, 4.69) is 57.7 Å². The van der Waals surface area contributed by atoms with Gasteiger partial charge in [0.15, 0.2) is 11.6 Å². The van der Waals surface area contributed by atoms with Gasteiger partial charge in [0.1, 0.15) is 17.3 Å². The predicted molar refractivity (Wildman–Crippen MR) is 255 cm³/mol. The zero-order valence-corrected chi connectivity index (χ0v) is 40.7. The highest BCUT2D eigenvalue weighted by Gasteiger charge is 2.28. The number of nitrogens with one attached hydrogen (secondary N) is 1. The van der Waals surface area contributed by atoms with E-state index < -0.39 is 56.3 Å². The molecule has 4 aromatic rings. The number of nitriles is 1. The molecule has 0 aliphatic rings. The molecule has 18 nitrogen and oxygen atoms in total. The van der Waals surface area contributed by atoms with Gasteiger partial charge in [0.2, 0.25) is 21.6 Å². The Morgan fingerprint density at radius 1 is 0.818 bits per heavy atom. The van der Waals surface area contributed by atoms with E-state index in [1.807, 2.05) is 6.07 Å². The number of benzene rings is 2. The number of anilines is 1. The lowest BCUT2D eigenvalue weighted by Crippen LogP contribution is -2.35. The zero-order chi connectivity index (χ0) is 49.2. The number of aromatic nitrogens is 2. The van der Waals surface area contributed by atoms with Crippen molar-refractivity contribution < 1.29 is 27.4 Å². The summed E-state index contributed by atoms with van der Waals surface area (Å²) in [5.41, 5.74) is -1.62. The van der Waals surface area contributed by atoms with Crippen LogP contribution in [0.2, 0.25) is 0 Å². The Morgan fingerprint density at radius 2 is 1.33 bits per heavy atom. The molecule has 3 N–H and O–H groups in total. The maximum absolute atomic E-state index is 14.6. The van der Waals surface area contributed by atoms with Gasteiger partial charge in [-0.15, -0.1) is 10.2 Å². The quantitative estimate of drug-likeness (QED) is 0.0407. The Bertz CT molecular complexity index is 2840. The first-order valence-corrected chi connectivity index (χ1v) is 24.4. The summed E-state index contributed by atoms with van der Waals surface area (Å²) in [6, 6.07) is 9.31. The van der Waals surface area contributed by atoms with Gasteiger partial charge in [-0.3, -0.25) is 27.2 Å². The van der Waals surface area contributed by atoms with Crippen molar-refractivity contribution in [1.29, 1.82) is 5.26 Å². The fourth-order valence-corrected chi connectivity index (χ4v) is 9.77. The monoisotopic (exact) mass is 943 g/mol. The average Bonchev–Trinajstić information content (AvgIpc) is 3.24. The SMILES string of the molecule is [C-]#[N+]c1c(C)c(N=Nc2ccc(-c3ccc(N=Nc4c(C)c(C#N)c(O)n(CC)c4=O)cc3N(C(C)CCCC(C)C)S(=O)[O-])c(S(=O)(=O)NC(C)CCCC(C)C)c2)c(=O)n(CC)c1O. The Balaban J connectivity index is 2.03. The molecule has 3 atom stereocenters. The van der Waals surface area contributed by atoms with Crippen molar-refractivity contribution in [3.63, 3.8) is 0 Å². The van der Waals surface area contributed by atoms with Crippen molar-refractivity contribution >= 4 is 55.4 Å². The van der Waals surface area contributed by atoms with Crippen LogP contribution in [-0.4, -0.2) is 48.6 Å². The molecule has 2 heterocycles. The summed E-state index contributed by atoms with van der Waals surface area (Å²) in [6.07, 6.45) is 4.12. The summed E-state index contributed by atoms with van der Waals surface area (Å²) in [5, 5.41) is 47.8. The van der Waals surface area contributed by atoms with E-state index in [4.69, 9.17) is 6.57 Å². The zero-order valence-electron chi connectivity index (χ0n) is 39.1. The van der Waals surface area contributed by atoms with Crippen molar-refractivity contribution in [3.8, 4) is 29.0 Å². The molecule has 3 unspecified atom stereocenters. The first-order chi connectivity index (χ1) is 31.1. The van der Waals surface area contributed by atoms with Gasteiger partial charge in [-0.25, -0.2) is 18.0 Å². The number of nitrogens with zero attached hydrogens (tertiary/aromatic N) is 9. The number of hydrogen-bond acceptors (Lipinski definition) is 13. The second-order valence-corrected chi connectivity index (χ2v) is 19.5. The molecule has 0 spiro atoms. The Labute approximate surface area is 389 Å². The largest absolute Gasteiger partial charge is 0.755 e. The normalized spacial score (nSPS) is 13.4. The third-order valence-corrected chi connectivity index (χ3v) is 13.7. The van der Waals surface area contributed by atoms with Crippen LogP contribution in [0.15, 0.2) is 71.3 Å². The molecule has 0 fully saturated rings. The highest BCUT2D eigenvalue weighted by atomic mass is 32.2. The van der Waals surface area contributed by atoms with Crippen LogP contribution in [0, 0.1) is 43.6 Å². The number of aromatic hydroxyl groups is 2. The van der Waals surface area contributed by atoms with Crippen molar-refractivity contribution in [2.24, 2.45) is 32.3 Å². The van der Waals surface area contributed by atoms with Crippen LogP contribution in [-0.2, 0) is 34.4 Å². The fourth-order valence-electron chi connectivity index (χ4n) is 7.54. The molecule has 66 heavy (non-hydrogen) atoms. The maximum Gasteiger partial charge on any atom is 0.281 e. The van der Waals surface area contributed by atoms with Crippen molar-refractivity contribution in [2.45, 2.75) is 138 Å². The first-order valence-electron chi connectivity index (χ1n) is 21.9. The number of sulfonamides is 1. The van der Waals surface area contributed by atoms with Crippen LogP contribution in [0.25, 0.3) is 16.0 Å². The molecule has 0 aliphatic carbocycles. The summed E-state index contributed by atoms with van der Waals surface area (Å²) in [5.74, 6) is -0.246. The van der Waals surface area contributed by atoms with Crippen LogP contribution >= 0.6 is 0 Å². The Kier molecular flexibility index (Phi) is 18.2. The standard InChI is InChI=1S/C46H60N10O8S2/c1-12-54-43(57)37(26-47)31(9)41(45(54)59)51-49-33-20-22-35(38(24-33)56(65(61)62)30(8)19-15-17-28(5)6)36-23-21-34(25-39(36)66(63,64)53-29(7)18-14-16-27(3)4)50-52-42-32(10)40(48-11)44(58)55(13-2)46(42)60/h20-25,27-30,53,57-58H,12-19H2,1-10H3,(H,61,62)/p-1. The van der Waals surface area contributed by atoms with Gasteiger partial charge in [-0.1, -0.05) is 65.5 Å². The molecule has 4 rings (SSSR count). The van der Waals surface area contributed by atoms with E-state index in [1.54, 1.807) is 27.7 Å². The lowest BCUT2D eigenvalue weighted by atomic mass is 10.0. The van der Waals surface area contributed by atoms with Crippen LogP contribution in [0.5, 0.6) is 11.8 Å². The van der Waals surface area contributed by atoms with E-state index in [0.29, 0.717) is 31.1 Å². The third-order valence-electron chi connectivity index (χ3n) is 11.2. The lowest BCUT2D eigenvalue weighted by molar-refractivity contribution is 0.409. The van der Waals surface area contributed by atoms with Crippen LogP contribution in [0.4, 0.5) is 34.1 Å². The molecule has 2 aromatic carbocycles. The van der Waals surface area contributed by atoms with Crippen molar-refractivity contribution in [1.82, 2.24) is 13.9 Å². The van der Waals surface area contributed by atoms with Crippen molar-refractivity contribution in [3.05, 3.63) is 85.2 Å². The molecule has 354 valence electrons. The number of rotatable bonds is 21.